The Morgan fingerprint density at radius 2 is 1.95 bits per heavy atom. The summed E-state index contributed by atoms with van der Waals surface area (Å²) in [5, 5.41) is 3.69. The molecule has 2 saturated carbocycles. The van der Waals surface area contributed by atoms with Crippen molar-refractivity contribution in [3.05, 3.63) is 24.1 Å². The van der Waals surface area contributed by atoms with Crippen molar-refractivity contribution in [3.63, 3.8) is 0 Å². The van der Waals surface area contributed by atoms with Gasteiger partial charge in [-0.25, -0.2) is 4.98 Å². The molecule has 4 rings (SSSR count). The summed E-state index contributed by atoms with van der Waals surface area (Å²) in [7, 11) is 0. The maximum Gasteiger partial charge on any atom is 0.198 e. The number of hydrogen-bond acceptors (Lipinski definition) is 3. The van der Waals surface area contributed by atoms with E-state index >= 15 is 0 Å². The van der Waals surface area contributed by atoms with E-state index in [1.165, 1.54) is 50.6 Å². The highest BCUT2D eigenvalue weighted by molar-refractivity contribution is 5.77. The molecule has 2 aliphatic carbocycles. The van der Waals surface area contributed by atoms with E-state index in [0.717, 1.165) is 22.9 Å². The van der Waals surface area contributed by atoms with Gasteiger partial charge >= 0.3 is 0 Å². The minimum Gasteiger partial charge on any atom is -0.440 e. The second-order valence-corrected chi connectivity index (χ2v) is 6.78. The number of oxazole rings is 1. The van der Waals surface area contributed by atoms with Crippen molar-refractivity contribution in [3.8, 4) is 0 Å². The second kappa shape index (κ2) is 5.36. The molecule has 2 aromatic rings. The van der Waals surface area contributed by atoms with E-state index in [-0.39, 0.29) is 0 Å². The maximum absolute atomic E-state index is 5.83. The molecule has 0 spiro atoms. The van der Waals surface area contributed by atoms with Crippen LogP contribution in [0.15, 0.2) is 22.6 Å². The van der Waals surface area contributed by atoms with Crippen LogP contribution in [0, 0.1) is 5.92 Å². The fourth-order valence-electron chi connectivity index (χ4n) is 3.49. The quantitative estimate of drug-likeness (QED) is 0.850. The lowest BCUT2D eigenvalue weighted by Gasteiger charge is -2.29. The third-order valence-corrected chi connectivity index (χ3v) is 5.13. The van der Waals surface area contributed by atoms with Crippen LogP contribution in [-0.2, 0) is 0 Å². The number of rotatable bonds is 4. The molecular weight excluding hydrogens is 260 g/mol. The van der Waals surface area contributed by atoms with Crippen molar-refractivity contribution in [1.29, 1.82) is 0 Å². The van der Waals surface area contributed by atoms with Gasteiger partial charge in [0.2, 0.25) is 0 Å². The van der Waals surface area contributed by atoms with Crippen LogP contribution in [0.3, 0.4) is 0 Å². The molecule has 0 unspecified atom stereocenters. The van der Waals surface area contributed by atoms with Crippen molar-refractivity contribution in [2.24, 2.45) is 5.92 Å². The van der Waals surface area contributed by atoms with Gasteiger partial charge in [0.1, 0.15) is 5.52 Å². The van der Waals surface area contributed by atoms with Gasteiger partial charge in [0, 0.05) is 17.6 Å². The molecule has 2 aliphatic rings. The molecule has 3 nitrogen and oxygen atoms in total. The molecular formula is C18H24N2O. The van der Waals surface area contributed by atoms with Crippen LogP contribution in [0.25, 0.3) is 11.1 Å². The summed E-state index contributed by atoms with van der Waals surface area (Å²) in [6, 6.07) is 6.97. The highest BCUT2D eigenvalue weighted by atomic mass is 16.3. The summed E-state index contributed by atoms with van der Waals surface area (Å²) < 4.78 is 5.83. The van der Waals surface area contributed by atoms with Crippen LogP contribution < -0.4 is 5.32 Å². The first-order chi connectivity index (χ1) is 10.3. The van der Waals surface area contributed by atoms with Crippen molar-refractivity contribution < 1.29 is 4.42 Å². The van der Waals surface area contributed by atoms with E-state index in [1.807, 2.05) is 0 Å². The molecule has 3 heteroatoms. The summed E-state index contributed by atoms with van der Waals surface area (Å²) in [4.78, 5) is 4.65. The Labute approximate surface area is 126 Å². The lowest BCUT2D eigenvalue weighted by atomic mass is 9.84. The molecule has 0 aliphatic heterocycles. The minimum atomic E-state index is 0.582. The zero-order chi connectivity index (χ0) is 14.2. The Morgan fingerprint density at radius 3 is 2.67 bits per heavy atom. The van der Waals surface area contributed by atoms with Gasteiger partial charge in [0.25, 0.3) is 0 Å². The smallest absolute Gasteiger partial charge is 0.198 e. The number of anilines is 1. The number of hydrogen-bond donors (Lipinski definition) is 1. The number of fused-ring (bicyclic) bond motifs is 1. The minimum absolute atomic E-state index is 0.582. The summed E-state index contributed by atoms with van der Waals surface area (Å²) in [5.41, 5.74) is 3.12. The zero-order valence-electron chi connectivity index (χ0n) is 12.8. The Balaban J connectivity index is 1.46. The van der Waals surface area contributed by atoms with E-state index in [9.17, 15) is 0 Å². The van der Waals surface area contributed by atoms with E-state index in [4.69, 9.17) is 4.42 Å². The van der Waals surface area contributed by atoms with Crippen molar-refractivity contribution in [2.45, 2.75) is 63.8 Å². The average Bonchev–Trinajstić information content (AvgIpc) is 3.28. The monoisotopic (exact) mass is 284 g/mol. The standard InChI is InChI=1S/C18H24N2O/c1-2-12-3-7-14(8-4-12)19-15-9-10-17-16(11-15)20-18(21-17)13-5-6-13/h9-14,19H,2-8H2,1H3. The molecule has 1 N–H and O–H groups in total. The lowest BCUT2D eigenvalue weighted by Crippen LogP contribution is -2.25. The van der Waals surface area contributed by atoms with Gasteiger partial charge in [-0.3, -0.25) is 0 Å². The molecule has 112 valence electrons. The Kier molecular flexibility index (Phi) is 3.36. The number of aromatic nitrogens is 1. The zero-order valence-corrected chi connectivity index (χ0v) is 12.8. The van der Waals surface area contributed by atoms with Gasteiger partial charge in [-0.1, -0.05) is 13.3 Å². The summed E-state index contributed by atoms with van der Waals surface area (Å²) >= 11 is 0. The van der Waals surface area contributed by atoms with E-state index in [0.29, 0.717) is 12.0 Å². The van der Waals surface area contributed by atoms with Crippen molar-refractivity contribution in [2.75, 3.05) is 5.32 Å². The first-order valence-electron chi connectivity index (χ1n) is 8.49. The molecule has 0 amide bonds. The normalized spacial score (nSPS) is 26.1. The fourth-order valence-corrected chi connectivity index (χ4v) is 3.49. The largest absolute Gasteiger partial charge is 0.440 e. The van der Waals surface area contributed by atoms with Crippen LogP contribution >= 0.6 is 0 Å². The average molecular weight is 284 g/mol. The van der Waals surface area contributed by atoms with E-state index in [2.05, 4.69) is 35.4 Å². The van der Waals surface area contributed by atoms with E-state index < -0.39 is 0 Å². The molecule has 1 aromatic carbocycles. The van der Waals surface area contributed by atoms with Crippen LogP contribution in [0.2, 0.25) is 0 Å². The Morgan fingerprint density at radius 1 is 1.14 bits per heavy atom. The second-order valence-electron chi connectivity index (χ2n) is 6.78. The van der Waals surface area contributed by atoms with Crippen molar-refractivity contribution >= 4 is 16.8 Å². The maximum atomic E-state index is 5.83. The predicted octanol–water partition coefficient (Wildman–Crippen LogP) is 5.09. The summed E-state index contributed by atoms with van der Waals surface area (Å²) in [6.07, 6.45) is 9.13. The molecule has 1 aromatic heterocycles. The predicted molar refractivity (Wildman–Crippen MR) is 85.6 cm³/mol. The molecule has 0 saturated heterocycles. The summed E-state index contributed by atoms with van der Waals surface area (Å²) in [5.74, 6) is 2.46. The Bertz CT molecular complexity index is 621. The van der Waals surface area contributed by atoms with Gasteiger partial charge in [-0.2, -0.15) is 0 Å². The van der Waals surface area contributed by atoms with Gasteiger partial charge < -0.3 is 9.73 Å². The van der Waals surface area contributed by atoms with Gasteiger partial charge in [-0.15, -0.1) is 0 Å². The Hall–Kier alpha value is -1.51. The highest BCUT2D eigenvalue weighted by Gasteiger charge is 2.29. The van der Waals surface area contributed by atoms with Crippen LogP contribution in [-0.4, -0.2) is 11.0 Å². The van der Waals surface area contributed by atoms with Crippen LogP contribution in [0.1, 0.15) is 63.7 Å². The number of nitrogens with zero attached hydrogens (tertiary/aromatic N) is 1. The van der Waals surface area contributed by atoms with Gasteiger partial charge in [0.15, 0.2) is 11.5 Å². The molecule has 21 heavy (non-hydrogen) atoms. The number of nitrogens with one attached hydrogen (secondary N) is 1. The fraction of sp³-hybridized carbons (Fsp3) is 0.611. The van der Waals surface area contributed by atoms with Crippen molar-refractivity contribution in [1.82, 2.24) is 4.98 Å². The molecule has 1 heterocycles. The first kappa shape index (κ1) is 13.2. The molecule has 2 fully saturated rings. The SMILES string of the molecule is CCC1CCC(Nc2ccc3oc(C4CC4)nc3c2)CC1. The van der Waals surface area contributed by atoms with Crippen LogP contribution in [0.5, 0.6) is 0 Å². The van der Waals surface area contributed by atoms with Gasteiger partial charge in [-0.05, 0) is 62.6 Å². The third kappa shape index (κ3) is 2.78. The lowest BCUT2D eigenvalue weighted by molar-refractivity contribution is 0.330. The van der Waals surface area contributed by atoms with E-state index in [1.54, 1.807) is 0 Å². The third-order valence-electron chi connectivity index (χ3n) is 5.13. The molecule has 0 atom stereocenters. The molecule has 0 radical (unpaired) electrons. The van der Waals surface area contributed by atoms with Crippen LogP contribution in [0.4, 0.5) is 5.69 Å². The molecule has 0 bridgehead atoms. The first-order valence-corrected chi connectivity index (χ1v) is 8.49. The van der Waals surface area contributed by atoms with Gasteiger partial charge in [0.05, 0.1) is 0 Å². The highest BCUT2D eigenvalue weighted by Crippen LogP contribution is 2.40. The summed E-state index contributed by atoms with van der Waals surface area (Å²) in [6.45, 7) is 2.31. The number of benzene rings is 1. The topological polar surface area (TPSA) is 38.1 Å².